The number of ether oxygens (including phenoxy) is 1. The van der Waals surface area contributed by atoms with Crippen LogP contribution in [0.3, 0.4) is 0 Å². The lowest BCUT2D eigenvalue weighted by atomic mass is 10.1. The molecule has 1 amide bonds. The number of carbonyl (C=O) groups is 2. The summed E-state index contributed by atoms with van der Waals surface area (Å²) in [6.45, 7) is 0.779. The van der Waals surface area contributed by atoms with Gasteiger partial charge in [0.05, 0.1) is 13.2 Å². The molecule has 1 unspecified atom stereocenters. The predicted molar refractivity (Wildman–Crippen MR) is 67.4 cm³/mol. The first-order valence-electron chi connectivity index (χ1n) is 5.54. The van der Waals surface area contributed by atoms with Crippen molar-refractivity contribution in [1.82, 2.24) is 4.98 Å². The Bertz CT molecular complexity index is 523. The summed E-state index contributed by atoms with van der Waals surface area (Å²) in [5.41, 5.74) is 5.26. The summed E-state index contributed by atoms with van der Waals surface area (Å²) in [4.78, 5) is 28.1. The molecule has 1 atom stereocenters. The number of hydrogen-bond acceptors (Lipinski definition) is 5. The number of morpholine rings is 1. The number of nitrogens with zero attached hydrogens (tertiary/aromatic N) is 2. The van der Waals surface area contributed by atoms with Crippen LogP contribution >= 0.6 is 11.6 Å². The molecule has 3 N–H and O–H groups in total. The second-order valence-corrected chi connectivity index (χ2v) is 4.38. The number of pyridine rings is 1. The molecular formula is C11H12ClN3O4. The predicted octanol–water partition coefficient (Wildman–Crippen LogP) is 0.124. The molecular weight excluding hydrogens is 274 g/mol. The first-order chi connectivity index (χ1) is 9.00. The SMILES string of the molecule is NC(=O)C1COCCN1c1nc(Cl)ccc1C(=O)O. The van der Waals surface area contributed by atoms with Crippen molar-refractivity contribution in [2.45, 2.75) is 6.04 Å². The molecule has 0 spiro atoms. The van der Waals surface area contributed by atoms with Crippen molar-refractivity contribution in [1.29, 1.82) is 0 Å². The Balaban J connectivity index is 2.46. The first-order valence-corrected chi connectivity index (χ1v) is 5.92. The van der Waals surface area contributed by atoms with E-state index in [0.29, 0.717) is 13.2 Å². The summed E-state index contributed by atoms with van der Waals surface area (Å²) in [5.74, 6) is -1.61. The molecule has 0 saturated carbocycles. The Morgan fingerprint density at radius 1 is 1.53 bits per heavy atom. The molecule has 2 rings (SSSR count). The summed E-state index contributed by atoms with van der Waals surface area (Å²) < 4.78 is 5.18. The molecule has 1 aromatic rings. The largest absolute Gasteiger partial charge is 0.478 e. The molecule has 0 radical (unpaired) electrons. The average Bonchev–Trinajstić information content (AvgIpc) is 2.38. The lowest BCUT2D eigenvalue weighted by Gasteiger charge is -2.35. The third-order valence-corrected chi connectivity index (χ3v) is 3.01. The lowest BCUT2D eigenvalue weighted by Crippen LogP contribution is -2.53. The Kier molecular flexibility index (Phi) is 3.87. The number of amides is 1. The highest BCUT2D eigenvalue weighted by molar-refractivity contribution is 6.29. The highest BCUT2D eigenvalue weighted by atomic mass is 35.5. The number of rotatable bonds is 3. The van der Waals surface area contributed by atoms with Gasteiger partial charge in [-0.25, -0.2) is 9.78 Å². The number of aromatic nitrogens is 1. The van der Waals surface area contributed by atoms with Gasteiger partial charge in [-0.05, 0) is 12.1 Å². The molecule has 0 aromatic carbocycles. The summed E-state index contributed by atoms with van der Waals surface area (Å²) in [6.07, 6.45) is 0. The van der Waals surface area contributed by atoms with Gasteiger partial charge in [0.15, 0.2) is 0 Å². The van der Waals surface area contributed by atoms with Crippen LogP contribution in [-0.2, 0) is 9.53 Å². The number of halogens is 1. The molecule has 102 valence electrons. The highest BCUT2D eigenvalue weighted by Crippen LogP contribution is 2.24. The third-order valence-electron chi connectivity index (χ3n) is 2.80. The molecule has 1 aliphatic rings. The molecule has 0 aliphatic carbocycles. The van der Waals surface area contributed by atoms with Gasteiger partial charge in [0.25, 0.3) is 0 Å². The molecule has 1 saturated heterocycles. The van der Waals surface area contributed by atoms with Crippen molar-refractivity contribution in [2.24, 2.45) is 5.73 Å². The Morgan fingerprint density at radius 3 is 2.89 bits per heavy atom. The summed E-state index contributed by atoms with van der Waals surface area (Å²) in [6, 6.07) is 1.98. The van der Waals surface area contributed by atoms with Crippen molar-refractivity contribution in [2.75, 3.05) is 24.7 Å². The molecule has 1 aliphatic heterocycles. The second-order valence-electron chi connectivity index (χ2n) is 4.00. The summed E-state index contributed by atoms with van der Waals surface area (Å²) in [7, 11) is 0. The minimum absolute atomic E-state index is 0.0300. The van der Waals surface area contributed by atoms with E-state index in [1.165, 1.54) is 17.0 Å². The number of anilines is 1. The van der Waals surface area contributed by atoms with Crippen LogP contribution in [0, 0.1) is 0 Å². The van der Waals surface area contributed by atoms with Crippen LogP contribution in [0.4, 0.5) is 5.82 Å². The quantitative estimate of drug-likeness (QED) is 0.764. The zero-order valence-corrected chi connectivity index (χ0v) is 10.6. The normalized spacial score (nSPS) is 19.2. The number of primary amides is 1. The molecule has 0 bridgehead atoms. The van der Waals surface area contributed by atoms with Crippen molar-refractivity contribution in [3.05, 3.63) is 22.8 Å². The second kappa shape index (κ2) is 5.41. The van der Waals surface area contributed by atoms with Crippen LogP contribution in [0.5, 0.6) is 0 Å². The van der Waals surface area contributed by atoms with E-state index in [9.17, 15) is 9.59 Å². The third kappa shape index (κ3) is 2.77. The van der Waals surface area contributed by atoms with Crippen molar-refractivity contribution < 1.29 is 19.4 Å². The molecule has 19 heavy (non-hydrogen) atoms. The molecule has 8 heteroatoms. The molecule has 2 heterocycles. The number of carboxylic acids is 1. The van der Waals surface area contributed by atoms with Gasteiger partial charge in [-0.1, -0.05) is 11.6 Å². The van der Waals surface area contributed by atoms with Crippen LogP contribution < -0.4 is 10.6 Å². The van der Waals surface area contributed by atoms with E-state index in [0.717, 1.165) is 0 Å². The Hall–Kier alpha value is -1.86. The van der Waals surface area contributed by atoms with E-state index in [1.54, 1.807) is 0 Å². The van der Waals surface area contributed by atoms with E-state index < -0.39 is 17.9 Å². The van der Waals surface area contributed by atoms with Gasteiger partial charge in [-0.15, -0.1) is 0 Å². The van der Waals surface area contributed by atoms with E-state index >= 15 is 0 Å². The summed E-state index contributed by atoms with van der Waals surface area (Å²) in [5, 5.41) is 9.30. The summed E-state index contributed by atoms with van der Waals surface area (Å²) >= 11 is 5.79. The van der Waals surface area contributed by atoms with Crippen molar-refractivity contribution in [3.8, 4) is 0 Å². The number of hydrogen-bond donors (Lipinski definition) is 2. The van der Waals surface area contributed by atoms with Gasteiger partial charge in [0.2, 0.25) is 5.91 Å². The fourth-order valence-electron chi connectivity index (χ4n) is 1.90. The fraction of sp³-hybridized carbons (Fsp3) is 0.364. The van der Waals surface area contributed by atoms with Crippen LogP contribution in [0.2, 0.25) is 5.15 Å². The number of carboxylic acid groups (broad SMARTS) is 1. The van der Waals surface area contributed by atoms with Gasteiger partial charge in [0, 0.05) is 6.54 Å². The van der Waals surface area contributed by atoms with Crippen LogP contribution in [0.1, 0.15) is 10.4 Å². The maximum Gasteiger partial charge on any atom is 0.339 e. The molecule has 1 aromatic heterocycles. The monoisotopic (exact) mass is 285 g/mol. The number of nitrogens with two attached hydrogens (primary N) is 1. The maximum atomic E-state index is 11.4. The Morgan fingerprint density at radius 2 is 2.26 bits per heavy atom. The van der Waals surface area contributed by atoms with E-state index in [1.807, 2.05) is 0 Å². The van der Waals surface area contributed by atoms with Gasteiger partial charge in [-0.3, -0.25) is 4.79 Å². The van der Waals surface area contributed by atoms with Crippen molar-refractivity contribution in [3.63, 3.8) is 0 Å². The van der Waals surface area contributed by atoms with Gasteiger partial charge in [0.1, 0.15) is 22.6 Å². The number of carbonyl (C=O) groups excluding carboxylic acids is 1. The molecule has 1 fully saturated rings. The average molecular weight is 286 g/mol. The fourth-order valence-corrected chi connectivity index (χ4v) is 2.05. The standard InChI is InChI=1S/C11H12ClN3O4/c12-8-2-1-6(11(17)18)10(14-8)15-3-4-19-5-7(15)9(13)16/h1-2,7H,3-5H2,(H2,13,16)(H,17,18). The van der Waals surface area contributed by atoms with Crippen LogP contribution in [0.25, 0.3) is 0 Å². The van der Waals surface area contributed by atoms with Gasteiger partial charge in [-0.2, -0.15) is 0 Å². The Labute approximate surface area is 113 Å². The van der Waals surface area contributed by atoms with Crippen molar-refractivity contribution >= 4 is 29.3 Å². The smallest absolute Gasteiger partial charge is 0.339 e. The van der Waals surface area contributed by atoms with Crippen LogP contribution in [0.15, 0.2) is 12.1 Å². The minimum Gasteiger partial charge on any atom is -0.478 e. The van der Waals surface area contributed by atoms with Gasteiger partial charge >= 0.3 is 5.97 Å². The lowest BCUT2D eigenvalue weighted by molar-refractivity contribution is -0.121. The topological polar surface area (TPSA) is 106 Å². The zero-order valence-electron chi connectivity index (χ0n) is 9.88. The van der Waals surface area contributed by atoms with E-state index in [-0.39, 0.29) is 23.1 Å². The maximum absolute atomic E-state index is 11.4. The highest BCUT2D eigenvalue weighted by Gasteiger charge is 2.31. The van der Waals surface area contributed by atoms with E-state index in [4.69, 9.17) is 27.2 Å². The van der Waals surface area contributed by atoms with Gasteiger partial charge < -0.3 is 20.5 Å². The minimum atomic E-state index is -1.14. The van der Waals surface area contributed by atoms with Crippen LogP contribution in [-0.4, -0.2) is 47.8 Å². The number of aromatic carboxylic acids is 1. The van der Waals surface area contributed by atoms with E-state index in [2.05, 4.69) is 4.98 Å². The molecule has 7 nitrogen and oxygen atoms in total. The zero-order chi connectivity index (χ0) is 14.0. The first kappa shape index (κ1) is 13.6.